The summed E-state index contributed by atoms with van der Waals surface area (Å²) in [7, 11) is 0. The molecule has 1 saturated heterocycles. The van der Waals surface area contributed by atoms with Crippen molar-refractivity contribution in [3.63, 3.8) is 0 Å². The van der Waals surface area contributed by atoms with Crippen molar-refractivity contribution in [1.82, 2.24) is 10.2 Å². The van der Waals surface area contributed by atoms with Gasteiger partial charge in [0.15, 0.2) is 0 Å². The molecule has 0 aromatic carbocycles. The smallest absolute Gasteiger partial charge is 0.250 e. The molecule has 96 valence electrons. The fourth-order valence-corrected chi connectivity index (χ4v) is 2.38. The van der Waals surface area contributed by atoms with E-state index in [9.17, 15) is 8.78 Å². The number of alkyl halides is 2. The maximum absolute atomic E-state index is 12.1. The molecule has 0 aliphatic carbocycles. The molecule has 0 amide bonds. The number of rotatable bonds is 5. The molecule has 0 spiro atoms. The molecule has 0 saturated carbocycles. The van der Waals surface area contributed by atoms with Crippen LogP contribution in [-0.2, 0) is 0 Å². The van der Waals surface area contributed by atoms with Gasteiger partial charge in [-0.1, -0.05) is 20.8 Å². The molecule has 4 heteroatoms. The molecule has 2 unspecified atom stereocenters. The molecule has 0 bridgehead atoms. The van der Waals surface area contributed by atoms with Gasteiger partial charge in [0.2, 0.25) is 0 Å². The maximum Gasteiger partial charge on any atom is 0.250 e. The van der Waals surface area contributed by atoms with Crippen molar-refractivity contribution in [1.29, 1.82) is 0 Å². The molecule has 1 aliphatic rings. The Morgan fingerprint density at radius 2 is 2.00 bits per heavy atom. The van der Waals surface area contributed by atoms with Gasteiger partial charge in [-0.05, 0) is 24.8 Å². The molecule has 1 N–H and O–H groups in total. The van der Waals surface area contributed by atoms with Crippen molar-refractivity contribution in [2.75, 3.05) is 26.2 Å². The monoisotopic (exact) mass is 234 g/mol. The van der Waals surface area contributed by atoms with Crippen molar-refractivity contribution in [2.24, 2.45) is 11.8 Å². The fraction of sp³-hybridized carbons (Fsp3) is 1.00. The Morgan fingerprint density at radius 1 is 1.31 bits per heavy atom. The zero-order chi connectivity index (χ0) is 12.1. The fourth-order valence-electron chi connectivity index (χ4n) is 2.38. The van der Waals surface area contributed by atoms with E-state index < -0.39 is 6.43 Å². The first-order valence-corrected chi connectivity index (χ1v) is 6.26. The van der Waals surface area contributed by atoms with Gasteiger partial charge in [-0.3, -0.25) is 0 Å². The molecular formula is C12H24F2N2. The number of nitrogens with one attached hydrogen (secondary N) is 1. The zero-order valence-electron chi connectivity index (χ0n) is 10.5. The largest absolute Gasteiger partial charge is 0.307 e. The minimum absolute atomic E-state index is 0.174. The maximum atomic E-state index is 12.1. The predicted octanol–water partition coefficient (Wildman–Crippen LogP) is 2.21. The van der Waals surface area contributed by atoms with E-state index in [4.69, 9.17) is 0 Å². The van der Waals surface area contributed by atoms with E-state index in [0.717, 1.165) is 26.1 Å². The lowest BCUT2D eigenvalue weighted by Crippen LogP contribution is -2.51. The van der Waals surface area contributed by atoms with Gasteiger partial charge in [0.25, 0.3) is 6.43 Å². The van der Waals surface area contributed by atoms with Crippen LogP contribution >= 0.6 is 0 Å². The van der Waals surface area contributed by atoms with Gasteiger partial charge in [-0.2, -0.15) is 0 Å². The summed E-state index contributed by atoms with van der Waals surface area (Å²) in [5, 5.41) is 2.98. The van der Waals surface area contributed by atoms with Crippen molar-refractivity contribution in [3.05, 3.63) is 0 Å². The molecule has 16 heavy (non-hydrogen) atoms. The number of nitrogens with zero attached hydrogens (tertiary/aromatic N) is 1. The normalized spacial score (nSPS) is 27.9. The summed E-state index contributed by atoms with van der Waals surface area (Å²) in [6.45, 7) is 9.42. The number of hydrogen-bond donors (Lipinski definition) is 1. The molecule has 0 aromatic heterocycles. The highest BCUT2D eigenvalue weighted by atomic mass is 19.3. The standard InChI is InChI=1S/C12H24F2N2/c1-4-16-7-10(9(2)3)5-11(8-16)15-6-12(13)14/h9-12,15H,4-8H2,1-3H3. The van der Waals surface area contributed by atoms with Crippen LogP contribution in [0.2, 0.25) is 0 Å². The lowest BCUT2D eigenvalue weighted by molar-refractivity contribution is 0.0983. The van der Waals surface area contributed by atoms with Gasteiger partial charge in [0, 0.05) is 19.1 Å². The number of halogens is 2. The molecule has 2 nitrogen and oxygen atoms in total. The lowest BCUT2D eigenvalue weighted by atomic mass is 9.85. The highest BCUT2D eigenvalue weighted by molar-refractivity contribution is 4.84. The highest BCUT2D eigenvalue weighted by Crippen LogP contribution is 2.23. The number of likely N-dealkylation sites (tertiary alicyclic amines) is 1. The Balaban J connectivity index is 2.44. The lowest BCUT2D eigenvalue weighted by Gasteiger charge is -2.39. The van der Waals surface area contributed by atoms with Crippen LogP contribution < -0.4 is 5.32 Å². The molecule has 1 heterocycles. The van der Waals surface area contributed by atoms with E-state index in [0.29, 0.717) is 11.8 Å². The Morgan fingerprint density at radius 3 is 2.50 bits per heavy atom. The van der Waals surface area contributed by atoms with Gasteiger partial charge in [0.05, 0.1) is 6.54 Å². The predicted molar refractivity (Wildman–Crippen MR) is 62.9 cm³/mol. The van der Waals surface area contributed by atoms with Crippen LogP contribution in [0.4, 0.5) is 8.78 Å². The first-order valence-electron chi connectivity index (χ1n) is 6.26. The molecule has 1 fully saturated rings. The van der Waals surface area contributed by atoms with E-state index in [1.165, 1.54) is 0 Å². The zero-order valence-corrected chi connectivity index (χ0v) is 10.5. The number of piperidine rings is 1. The van der Waals surface area contributed by atoms with E-state index in [1.807, 2.05) is 0 Å². The van der Waals surface area contributed by atoms with Crippen LogP contribution in [0, 0.1) is 11.8 Å². The third-order valence-electron chi connectivity index (χ3n) is 3.51. The Kier molecular flexibility index (Phi) is 5.62. The van der Waals surface area contributed by atoms with E-state index in [1.54, 1.807) is 0 Å². The summed E-state index contributed by atoms with van der Waals surface area (Å²) in [4.78, 5) is 2.36. The van der Waals surface area contributed by atoms with Crippen molar-refractivity contribution >= 4 is 0 Å². The molecule has 0 radical (unpaired) electrons. The second-order valence-corrected chi connectivity index (χ2v) is 5.09. The molecule has 1 aliphatic heterocycles. The average Bonchev–Trinajstić information content (AvgIpc) is 2.25. The molecule has 0 aromatic rings. The summed E-state index contributed by atoms with van der Waals surface area (Å²) in [5.41, 5.74) is 0. The average molecular weight is 234 g/mol. The molecule has 2 atom stereocenters. The summed E-state index contributed by atoms with van der Waals surface area (Å²) in [6, 6.07) is 0.232. The quantitative estimate of drug-likeness (QED) is 0.784. The number of hydrogen-bond acceptors (Lipinski definition) is 2. The van der Waals surface area contributed by atoms with Crippen LogP contribution in [0.5, 0.6) is 0 Å². The van der Waals surface area contributed by atoms with Crippen molar-refractivity contribution in [3.8, 4) is 0 Å². The minimum Gasteiger partial charge on any atom is -0.307 e. The van der Waals surface area contributed by atoms with Crippen LogP contribution in [0.25, 0.3) is 0 Å². The van der Waals surface area contributed by atoms with Gasteiger partial charge >= 0.3 is 0 Å². The third-order valence-corrected chi connectivity index (χ3v) is 3.51. The van der Waals surface area contributed by atoms with Crippen LogP contribution in [-0.4, -0.2) is 43.5 Å². The molecular weight excluding hydrogens is 210 g/mol. The summed E-state index contributed by atoms with van der Waals surface area (Å²) in [5.74, 6) is 1.26. The van der Waals surface area contributed by atoms with Gasteiger partial charge in [0.1, 0.15) is 0 Å². The van der Waals surface area contributed by atoms with Crippen molar-refractivity contribution < 1.29 is 8.78 Å². The Bertz CT molecular complexity index is 197. The summed E-state index contributed by atoms with van der Waals surface area (Å²) >= 11 is 0. The van der Waals surface area contributed by atoms with Crippen LogP contribution in [0.1, 0.15) is 27.2 Å². The third kappa shape index (κ3) is 4.34. The molecule has 1 rings (SSSR count). The summed E-state index contributed by atoms with van der Waals surface area (Å²) < 4.78 is 24.3. The second-order valence-electron chi connectivity index (χ2n) is 5.09. The van der Waals surface area contributed by atoms with E-state index in [-0.39, 0.29) is 12.6 Å². The van der Waals surface area contributed by atoms with Crippen LogP contribution in [0.15, 0.2) is 0 Å². The van der Waals surface area contributed by atoms with Gasteiger partial charge in [-0.15, -0.1) is 0 Å². The number of likely N-dealkylation sites (N-methyl/N-ethyl adjacent to an activating group) is 1. The van der Waals surface area contributed by atoms with Gasteiger partial charge in [-0.25, -0.2) is 8.78 Å². The van der Waals surface area contributed by atoms with E-state index in [2.05, 4.69) is 31.0 Å². The minimum atomic E-state index is -2.24. The SMILES string of the molecule is CCN1CC(NCC(F)F)CC(C(C)C)C1. The Hall–Kier alpha value is -0.220. The van der Waals surface area contributed by atoms with Crippen LogP contribution in [0.3, 0.4) is 0 Å². The van der Waals surface area contributed by atoms with Gasteiger partial charge < -0.3 is 10.2 Å². The van der Waals surface area contributed by atoms with E-state index >= 15 is 0 Å². The Labute approximate surface area is 97.4 Å². The second kappa shape index (κ2) is 6.50. The first kappa shape index (κ1) is 13.8. The summed E-state index contributed by atoms with van der Waals surface area (Å²) in [6.07, 6.45) is -1.21. The van der Waals surface area contributed by atoms with Crippen molar-refractivity contribution in [2.45, 2.75) is 39.7 Å². The first-order chi connectivity index (χ1) is 7.52. The topological polar surface area (TPSA) is 15.3 Å². The highest BCUT2D eigenvalue weighted by Gasteiger charge is 2.28.